The molecule has 0 aliphatic carbocycles. The predicted octanol–water partition coefficient (Wildman–Crippen LogP) is 1.95. The summed E-state index contributed by atoms with van der Waals surface area (Å²) in [7, 11) is -7.76. The van der Waals surface area contributed by atoms with Crippen molar-refractivity contribution in [2.45, 2.75) is 20.3 Å². The minimum Gasteiger partial charge on any atom is -0.506 e. The minimum atomic E-state index is -4.03. The molecule has 0 aromatic heterocycles. The van der Waals surface area contributed by atoms with Crippen LogP contribution < -0.4 is 13.2 Å². The van der Waals surface area contributed by atoms with Crippen LogP contribution in [0.1, 0.15) is 22.3 Å². The van der Waals surface area contributed by atoms with Gasteiger partial charge in [-0.05, 0) is 37.1 Å². The molecule has 0 unspecified atom stereocenters. The first-order chi connectivity index (χ1) is 13.4. The molecule has 3 N–H and O–H groups in total. The number of phenolic OH excluding ortho intramolecular Hbond substituents is 1. The topological polar surface area (TPSA) is 133 Å². The van der Waals surface area contributed by atoms with Crippen molar-refractivity contribution in [2.75, 3.05) is 10.6 Å². The number of benzene rings is 2. The molecule has 9 nitrogen and oxygen atoms in total. The van der Waals surface area contributed by atoms with E-state index in [1.54, 1.807) is 25.1 Å². The summed E-state index contributed by atoms with van der Waals surface area (Å²) in [5, 5.41) is 19.7. The number of nitrogens with one attached hydrogen (secondary N) is 1. The summed E-state index contributed by atoms with van der Waals surface area (Å²) in [5.41, 5.74) is 2.73. The SMILES string of the molecule is Cc1cc(C)c(OS(C)(=O)=O)c(Cc2ccc(N3C=C(O)NS3(=O)=O)c(O)c2)c1. The van der Waals surface area contributed by atoms with Gasteiger partial charge in [0.15, 0.2) is 0 Å². The average molecular weight is 440 g/mol. The van der Waals surface area contributed by atoms with Gasteiger partial charge in [0.2, 0.25) is 5.88 Å². The van der Waals surface area contributed by atoms with Gasteiger partial charge in [0.05, 0.1) is 12.5 Å². The number of anilines is 1. The van der Waals surface area contributed by atoms with Crippen molar-refractivity contribution in [1.82, 2.24) is 4.72 Å². The molecule has 0 radical (unpaired) electrons. The van der Waals surface area contributed by atoms with Crippen LogP contribution >= 0.6 is 0 Å². The molecule has 1 aliphatic rings. The number of hydrogen-bond donors (Lipinski definition) is 3. The Morgan fingerprint density at radius 3 is 2.38 bits per heavy atom. The van der Waals surface area contributed by atoms with Gasteiger partial charge in [0, 0.05) is 12.0 Å². The van der Waals surface area contributed by atoms with Gasteiger partial charge >= 0.3 is 20.3 Å². The maximum Gasteiger partial charge on any atom is 0.330 e. The Hall–Kier alpha value is -2.92. The molecule has 0 amide bonds. The van der Waals surface area contributed by atoms with E-state index in [-0.39, 0.29) is 23.6 Å². The molecule has 29 heavy (non-hydrogen) atoms. The van der Waals surface area contributed by atoms with E-state index in [1.165, 1.54) is 12.1 Å². The van der Waals surface area contributed by atoms with Crippen LogP contribution in [0.15, 0.2) is 42.4 Å². The fourth-order valence-corrected chi connectivity index (χ4v) is 4.73. The Labute approximate surface area is 169 Å². The number of hydrogen-bond acceptors (Lipinski definition) is 7. The van der Waals surface area contributed by atoms with Crippen LogP contribution in [0.2, 0.25) is 0 Å². The highest BCUT2D eigenvalue weighted by atomic mass is 32.2. The number of nitrogens with zero attached hydrogens (tertiary/aromatic N) is 1. The summed E-state index contributed by atoms with van der Waals surface area (Å²) in [4.78, 5) is 0. The summed E-state index contributed by atoms with van der Waals surface area (Å²) in [6.45, 7) is 3.60. The summed E-state index contributed by atoms with van der Waals surface area (Å²) in [6.07, 6.45) is 2.14. The van der Waals surface area contributed by atoms with Crippen LogP contribution in [-0.4, -0.2) is 33.3 Å². The van der Waals surface area contributed by atoms with E-state index in [4.69, 9.17) is 4.18 Å². The molecule has 0 fully saturated rings. The number of aryl methyl sites for hydroxylation is 2. The normalized spacial score (nSPS) is 15.7. The van der Waals surface area contributed by atoms with E-state index < -0.39 is 26.2 Å². The van der Waals surface area contributed by atoms with Crippen molar-refractivity contribution in [3.8, 4) is 11.5 Å². The molecule has 0 spiro atoms. The second-order valence-electron chi connectivity index (χ2n) is 6.77. The highest BCUT2D eigenvalue weighted by molar-refractivity contribution is 7.91. The number of rotatable bonds is 5. The van der Waals surface area contributed by atoms with Gasteiger partial charge in [-0.25, -0.2) is 9.03 Å². The van der Waals surface area contributed by atoms with Gasteiger partial charge < -0.3 is 14.4 Å². The first-order valence-corrected chi connectivity index (χ1v) is 11.7. The molecule has 156 valence electrons. The molecule has 3 rings (SSSR count). The third kappa shape index (κ3) is 4.57. The largest absolute Gasteiger partial charge is 0.506 e. The highest BCUT2D eigenvalue weighted by Gasteiger charge is 2.30. The maximum absolute atomic E-state index is 12.0. The zero-order valence-electron chi connectivity index (χ0n) is 15.9. The number of aliphatic hydroxyl groups is 1. The summed E-state index contributed by atoms with van der Waals surface area (Å²) in [5.74, 6) is -0.666. The van der Waals surface area contributed by atoms with E-state index in [0.717, 1.165) is 22.3 Å². The Morgan fingerprint density at radius 1 is 1.14 bits per heavy atom. The van der Waals surface area contributed by atoms with Gasteiger partial charge in [-0.3, -0.25) is 0 Å². The maximum atomic E-state index is 12.0. The number of phenols is 1. The first-order valence-electron chi connectivity index (χ1n) is 8.40. The van der Waals surface area contributed by atoms with Crippen molar-refractivity contribution in [1.29, 1.82) is 0 Å². The Morgan fingerprint density at radius 2 is 1.83 bits per heavy atom. The van der Waals surface area contributed by atoms with Crippen LogP contribution in [0.5, 0.6) is 11.5 Å². The van der Waals surface area contributed by atoms with Crippen molar-refractivity contribution >= 4 is 26.0 Å². The second-order valence-corrected chi connectivity index (χ2v) is 9.90. The zero-order chi connectivity index (χ0) is 21.6. The van der Waals surface area contributed by atoms with E-state index >= 15 is 0 Å². The lowest BCUT2D eigenvalue weighted by Gasteiger charge is -2.17. The smallest absolute Gasteiger partial charge is 0.330 e. The van der Waals surface area contributed by atoms with Crippen LogP contribution in [0.3, 0.4) is 0 Å². The van der Waals surface area contributed by atoms with E-state index in [0.29, 0.717) is 16.7 Å². The van der Waals surface area contributed by atoms with Gasteiger partial charge in [-0.1, -0.05) is 23.8 Å². The Bertz CT molecular complexity index is 1220. The first kappa shape index (κ1) is 20.8. The van der Waals surface area contributed by atoms with Gasteiger partial charge in [0.25, 0.3) is 0 Å². The number of aliphatic hydroxyl groups excluding tert-OH is 1. The average Bonchev–Trinajstić information content (AvgIpc) is 2.82. The van der Waals surface area contributed by atoms with E-state index in [9.17, 15) is 27.0 Å². The minimum absolute atomic E-state index is 0.0432. The van der Waals surface area contributed by atoms with Crippen molar-refractivity contribution in [3.63, 3.8) is 0 Å². The quantitative estimate of drug-likeness (QED) is 0.605. The zero-order valence-corrected chi connectivity index (χ0v) is 17.5. The molecular weight excluding hydrogens is 420 g/mol. The van der Waals surface area contributed by atoms with Crippen molar-refractivity contribution < 1.29 is 31.2 Å². The molecule has 11 heteroatoms. The van der Waals surface area contributed by atoms with Gasteiger partial charge in [-0.15, -0.1) is 0 Å². The highest BCUT2D eigenvalue weighted by Crippen LogP contribution is 2.34. The molecule has 0 saturated heterocycles. The van der Waals surface area contributed by atoms with E-state index in [1.807, 2.05) is 11.6 Å². The number of aromatic hydroxyl groups is 1. The molecule has 1 aliphatic heterocycles. The van der Waals surface area contributed by atoms with Gasteiger partial charge in [-0.2, -0.15) is 16.8 Å². The van der Waals surface area contributed by atoms with Crippen LogP contribution in [0.4, 0.5) is 5.69 Å². The lowest BCUT2D eigenvalue weighted by molar-refractivity contribution is 0.392. The Balaban J connectivity index is 1.98. The van der Waals surface area contributed by atoms with Crippen LogP contribution in [0.25, 0.3) is 0 Å². The third-order valence-corrected chi connectivity index (χ3v) is 5.89. The van der Waals surface area contributed by atoms with Gasteiger partial charge in [0.1, 0.15) is 17.2 Å². The summed E-state index contributed by atoms with van der Waals surface area (Å²) < 4.78 is 54.9. The molecule has 2 aromatic carbocycles. The summed E-state index contributed by atoms with van der Waals surface area (Å²) in [6, 6.07) is 7.94. The standard InChI is InChI=1S/C18H20N2O7S2/c1-11-6-12(2)18(27-28(3,23)24)14(7-11)8-13-4-5-15(16(21)9-13)20-10-17(22)19-29(20,25)26/h4-7,9-10,19,21-22H,8H2,1-3H3. The van der Waals surface area contributed by atoms with Crippen molar-refractivity contribution in [3.05, 3.63) is 64.7 Å². The Kier molecular flexibility index (Phi) is 5.13. The molecule has 0 bridgehead atoms. The fraction of sp³-hybridized carbons (Fsp3) is 0.222. The molecular formula is C18H20N2O7S2. The van der Waals surface area contributed by atoms with Crippen molar-refractivity contribution in [2.24, 2.45) is 0 Å². The van der Waals surface area contributed by atoms with E-state index in [2.05, 4.69) is 0 Å². The fourth-order valence-electron chi connectivity index (χ4n) is 3.12. The molecule has 2 aromatic rings. The lowest BCUT2D eigenvalue weighted by Crippen LogP contribution is -2.29. The second kappa shape index (κ2) is 7.16. The summed E-state index contributed by atoms with van der Waals surface area (Å²) >= 11 is 0. The molecule has 0 atom stereocenters. The molecule has 1 heterocycles. The van der Waals surface area contributed by atoms with Crippen LogP contribution in [-0.2, 0) is 26.7 Å². The predicted molar refractivity (Wildman–Crippen MR) is 108 cm³/mol. The monoisotopic (exact) mass is 440 g/mol. The lowest BCUT2D eigenvalue weighted by atomic mass is 9.99. The molecule has 0 saturated carbocycles. The van der Waals surface area contributed by atoms with Crippen LogP contribution in [0, 0.1) is 13.8 Å². The third-order valence-electron chi connectivity index (χ3n) is 4.13.